The van der Waals surface area contributed by atoms with Crippen LogP contribution in [-0.2, 0) is 59.3 Å². The largest absolute Gasteiger partial charge is 0.370 e. The summed E-state index contributed by atoms with van der Waals surface area (Å²) in [6.45, 7) is 0.235. The van der Waals surface area contributed by atoms with Crippen molar-refractivity contribution in [1.29, 1.82) is 0 Å². The molecule has 0 saturated heterocycles. The predicted molar refractivity (Wildman–Crippen MR) is 382 cm³/mol. The number of carbonyl (C=O) groups is 11. The lowest BCUT2D eigenvalue weighted by molar-refractivity contribution is -0.133. The van der Waals surface area contributed by atoms with Crippen LogP contribution in [0.25, 0.3) is 21.8 Å². The Morgan fingerprint density at radius 3 is 1.04 bits per heavy atom. The summed E-state index contributed by atoms with van der Waals surface area (Å²) in [6, 6.07) is 10.7. The third kappa shape index (κ3) is 35.6. The van der Waals surface area contributed by atoms with Crippen molar-refractivity contribution in [2.45, 2.75) is 172 Å². The average Bonchev–Trinajstić information content (AvgIpc) is 1.62. The number of aryl methyl sites for hydroxylation is 1. The summed E-state index contributed by atoms with van der Waals surface area (Å²) >= 11 is 0. The number of benzene rings is 2. The molecule has 0 fully saturated rings. The van der Waals surface area contributed by atoms with Crippen molar-refractivity contribution >= 4 is 111 Å². The van der Waals surface area contributed by atoms with Gasteiger partial charge in [0.05, 0.1) is 19.6 Å². The minimum absolute atomic E-state index is 0.0108. The summed E-state index contributed by atoms with van der Waals surface area (Å²) in [5.41, 5.74) is 56.9. The van der Waals surface area contributed by atoms with Crippen molar-refractivity contribution in [3.05, 3.63) is 48.5 Å². The summed E-state index contributed by atoms with van der Waals surface area (Å²) in [5.74, 6) is -7.51. The number of aromatic nitrogens is 1. The van der Waals surface area contributed by atoms with Crippen molar-refractivity contribution in [3.8, 4) is 0 Å². The Hall–Kier alpha value is -10.6. The number of hydrogen-bond acceptors (Lipinski definition) is 16. The molecule has 1 heterocycles. The molecule has 5 atom stereocenters. The second-order valence-corrected chi connectivity index (χ2v) is 23.8. The molecule has 30 N–H and O–H groups in total. The van der Waals surface area contributed by atoms with Gasteiger partial charge in [-0.25, -0.2) is 0 Å². The standard InChI is InChI=1S/C64H107N25O11/c65-30-11-1-4-20-43(56(66)96)84-53(93)38-81-59(99)46(23-16-35-79-63(71)72)87-55(95)40-83-60(100)47(24-17-36-80-64(73)74)88-54(94)39-82-58(98)45(22-15-34-78-62(69)70)86-52(92)28-6-3-13-32-76-57(97)44(21-14-33-77-61(67)68)85-51(91)27-5-2-12-31-75-50(90)29-37-89-48-25-9-7-18-41(48)42-19-8-10-26-49(42)89/h7-10,18-19,25-26,43-47H,1-6,11-17,20-24,27-40,65H2,(H2,66,96)(H,75,90)(H,76,97)(H,81,99)(H,82,98)(H,83,100)(H,84,93)(H,85,91)(H,86,92)(H,87,95)(H,88,94)(H4,67,68,77)(H4,69,70,78)(H4,71,72,79)(H4,73,74,80). The summed E-state index contributed by atoms with van der Waals surface area (Å²) < 4.78 is 2.16. The molecule has 5 unspecified atom stereocenters. The molecule has 0 spiro atoms. The highest BCUT2D eigenvalue weighted by atomic mass is 16.2. The molecule has 0 radical (unpaired) electrons. The lowest BCUT2D eigenvalue weighted by Crippen LogP contribution is -2.54. The summed E-state index contributed by atoms with van der Waals surface area (Å²) in [5, 5.41) is 28.5. The van der Waals surface area contributed by atoms with Crippen LogP contribution in [0.15, 0.2) is 68.5 Å². The Balaban J connectivity index is 1.50. The van der Waals surface area contributed by atoms with Gasteiger partial charge in [-0.2, -0.15) is 0 Å². The maximum absolute atomic E-state index is 13.6. The van der Waals surface area contributed by atoms with Crippen LogP contribution in [0.2, 0.25) is 0 Å². The molecule has 3 rings (SSSR count). The first-order valence-electron chi connectivity index (χ1n) is 33.9. The predicted octanol–water partition coefficient (Wildman–Crippen LogP) is -4.47. The van der Waals surface area contributed by atoms with E-state index in [9.17, 15) is 52.7 Å². The number of guanidine groups is 4. The number of aliphatic imine (C=N–C) groups is 4. The van der Waals surface area contributed by atoms with Crippen LogP contribution in [0.3, 0.4) is 0 Å². The highest BCUT2D eigenvalue weighted by Crippen LogP contribution is 2.29. The Morgan fingerprint density at radius 1 is 0.340 bits per heavy atom. The fraction of sp³-hybridized carbons (Fsp3) is 0.578. The van der Waals surface area contributed by atoms with Gasteiger partial charge in [-0.1, -0.05) is 62.1 Å². The molecule has 0 bridgehead atoms. The Labute approximate surface area is 581 Å². The number of rotatable bonds is 52. The molecule has 0 aliphatic rings. The number of nitrogens with one attached hydrogen (secondary N) is 10. The van der Waals surface area contributed by atoms with Gasteiger partial charge in [0.25, 0.3) is 0 Å². The van der Waals surface area contributed by atoms with E-state index in [2.05, 4.69) is 102 Å². The number of nitrogens with two attached hydrogens (primary N) is 10. The lowest BCUT2D eigenvalue weighted by Gasteiger charge is -2.21. The van der Waals surface area contributed by atoms with Crippen molar-refractivity contribution < 1.29 is 52.7 Å². The van der Waals surface area contributed by atoms with E-state index in [1.165, 1.54) is 0 Å². The maximum atomic E-state index is 13.6. The van der Waals surface area contributed by atoms with E-state index in [1.807, 2.05) is 24.3 Å². The van der Waals surface area contributed by atoms with Crippen LogP contribution in [0.4, 0.5) is 0 Å². The summed E-state index contributed by atoms with van der Waals surface area (Å²) in [7, 11) is 0. The zero-order chi connectivity index (χ0) is 73.6. The summed E-state index contributed by atoms with van der Waals surface area (Å²) in [4.78, 5) is 160. The van der Waals surface area contributed by atoms with Gasteiger partial charge < -0.3 is 115 Å². The van der Waals surface area contributed by atoms with Gasteiger partial charge in [-0.05, 0) is 109 Å². The van der Waals surface area contributed by atoms with Gasteiger partial charge in [0.2, 0.25) is 65.0 Å². The van der Waals surface area contributed by atoms with Crippen LogP contribution in [0, 0.1) is 0 Å². The van der Waals surface area contributed by atoms with Crippen LogP contribution in [0.5, 0.6) is 0 Å². The molecule has 0 aliphatic heterocycles. The number of nitrogens with zero attached hydrogens (tertiary/aromatic N) is 5. The van der Waals surface area contributed by atoms with Gasteiger partial charge in [0.15, 0.2) is 23.8 Å². The van der Waals surface area contributed by atoms with E-state index in [1.54, 1.807) is 0 Å². The lowest BCUT2D eigenvalue weighted by atomic mass is 10.1. The number of fused-ring (bicyclic) bond motifs is 3. The Bertz CT molecular complexity index is 3200. The van der Waals surface area contributed by atoms with Crippen LogP contribution in [-0.4, -0.2) is 189 Å². The molecule has 0 saturated carbocycles. The van der Waals surface area contributed by atoms with Gasteiger partial charge in [-0.3, -0.25) is 72.7 Å². The topological polar surface area (TPSA) is 623 Å². The van der Waals surface area contributed by atoms with Crippen molar-refractivity contribution in [2.75, 3.05) is 65.4 Å². The first-order chi connectivity index (χ1) is 47.9. The number of carbonyl (C=O) groups excluding carboxylic acids is 11. The summed E-state index contributed by atoms with van der Waals surface area (Å²) in [6.07, 6.45) is 7.16. The fourth-order valence-electron chi connectivity index (χ4n) is 10.5. The molecule has 0 aliphatic carbocycles. The third-order valence-electron chi connectivity index (χ3n) is 15.6. The second-order valence-electron chi connectivity index (χ2n) is 23.8. The molecular weight excluding hydrogens is 1290 g/mol. The fourth-order valence-corrected chi connectivity index (χ4v) is 10.5. The van der Waals surface area contributed by atoms with E-state index in [0.717, 1.165) is 28.2 Å². The Kier molecular flexibility index (Phi) is 40.3. The molecule has 3 aromatic rings. The molecule has 36 nitrogen and oxygen atoms in total. The molecule has 554 valence electrons. The van der Waals surface area contributed by atoms with Crippen molar-refractivity contribution in [3.63, 3.8) is 0 Å². The zero-order valence-corrected chi connectivity index (χ0v) is 57.1. The number of unbranched alkanes of at least 4 members (excludes halogenated alkanes) is 6. The van der Waals surface area contributed by atoms with Gasteiger partial charge in [0, 0.05) is 86.9 Å². The van der Waals surface area contributed by atoms with Crippen molar-refractivity contribution in [1.82, 2.24) is 57.7 Å². The quantitative estimate of drug-likeness (QED) is 0.0144. The number of para-hydroxylation sites is 2. The smallest absolute Gasteiger partial charge is 0.243 e. The highest BCUT2D eigenvalue weighted by Gasteiger charge is 2.27. The Morgan fingerprint density at radius 2 is 0.670 bits per heavy atom. The monoisotopic (exact) mass is 1400 g/mol. The van der Waals surface area contributed by atoms with Gasteiger partial charge in [0.1, 0.15) is 30.2 Å². The zero-order valence-electron chi connectivity index (χ0n) is 57.1. The average molecular weight is 1400 g/mol. The van der Waals surface area contributed by atoms with Crippen LogP contribution >= 0.6 is 0 Å². The van der Waals surface area contributed by atoms with Gasteiger partial charge in [-0.15, -0.1) is 0 Å². The molecular formula is C64H107N25O11. The minimum Gasteiger partial charge on any atom is -0.370 e. The SMILES string of the molecule is NCCCCCC(NC(=O)CNC(=O)C(CCCN=C(N)N)NC(=O)CNC(=O)C(CCCN=C(N)N)NC(=O)CNC(=O)C(CCCN=C(N)N)NC(=O)CCCCCNC(=O)C(CCCN=C(N)N)NC(=O)CCCCCNC(=O)CCn1c2ccccc2c2ccccc21)C(N)=O. The van der Waals surface area contributed by atoms with Gasteiger partial charge >= 0.3 is 0 Å². The first kappa shape index (κ1) is 83.7. The third-order valence-corrected chi connectivity index (χ3v) is 15.6. The molecule has 11 amide bonds. The molecule has 36 heteroatoms. The second kappa shape index (κ2) is 48.2. The van der Waals surface area contributed by atoms with E-state index in [0.29, 0.717) is 83.8 Å². The van der Waals surface area contributed by atoms with Crippen molar-refractivity contribution in [2.24, 2.45) is 77.3 Å². The number of hydrogen-bond donors (Lipinski definition) is 20. The van der Waals surface area contributed by atoms with E-state index in [4.69, 9.17) is 57.3 Å². The number of primary amides is 1. The van der Waals surface area contributed by atoms with Crippen LogP contribution in [0.1, 0.15) is 135 Å². The van der Waals surface area contributed by atoms with E-state index in [-0.39, 0.29) is 133 Å². The normalized spacial score (nSPS) is 12.3. The van der Waals surface area contributed by atoms with E-state index >= 15 is 0 Å². The molecule has 1 aromatic heterocycles. The first-order valence-corrected chi connectivity index (χ1v) is 33.9. The molecule has 2 aromatic carbocycles. The highest BCUT2D eigenvalue weighted by molar-refractivity contribution is 6.08. The molecule has 100 heavy (non-hydrogen) atoms. The number of amides is 11. The van der Waals surface area contributed by atoms with Crippen LogP contribution < -0.4 is 111 Å². The van der Waals surface area contributed by atoms with E-state index < -0.39 is 103 Å². The minimum atomic E-state index is -1.31. The maximum Gasteiger partial charge on any atom is 0.243 e.